The van der Waals surface area contributed by atoms with Crippen LogP contribution in [0, 0.1) is 0 Å². The van der Waals surface area contributed by atoms with E-state index in [4.69, 9.17) is 5.73 Å². The average Bonchev–Trinajstić information content (AvgIpc) is 3.01. The minimum atomic E-state index is -0.444. The summed E-state index contributed by atoms with van der Waals surface area (Å²) in [7, 11) is 0. The Morgan fingerprint density at radius 3 is 2.68 bits per heavy atom. The van der Waals surface area contributed by atoms with Crippen LogP contribution < -0.4 is 16.4 Å². The lowest BCUT2D eigenvalue weighted by molar-refractivity contribution is -0.123. The maximum atomic E-state index is 10.4. The number of nitrogens with one attached hydrogen (secondary N) is 2. The van der Waals surface area contributed by atoms with Crippen LogP contribution in [0.25, 0.3) is 0 Å². The van der Waals surface area contributed by atoms with Gasteiger partial charge in [0, 0.05) is 18.7 Å². The van der Waals surface area contributed by atoms with Gasteiger partial charge in [0.05, 0.1) is 5.37 Å². The van der Waals surface area contributed by atoms with Crippen molar-refractivity contribution in [2.75, 3.05) is 12.3 Å². The van der Waals surface area contributed by atoms with Gasteiger partial charge in [-0.15, -0.1) is 11.8 Å². The molecule has 0 aliphatic carbocycles. The summed E-state index contributed by atoms with van der Waals surface area (Å²) in [6, 6.07) is -0.419. The average molecular weight is 287 g/mol. The van der Waals surface area contributed by atoms with Crippen LogP contribution in [0.1, 0.15) is 45.4 Å². The summed E-state index contributed by atoms with van der Waals surface area (Å²) < 4.78 is 0. The molecule has 0 aromatic rings. The van der Waals surface area contributed by atoms with Crippen molar-refractivity contribution in [3.05, 3.63) is 0 Å². The van der Waals surface area contributed by atoms with Crippen molar-refractivity contribution in [2.24, 2.45) is 5.73 Å². The van der Waals surface area contributed by atoms with Crippen LogP contribution in [0.4, 0.5) is 0 Å². The van der Waals surface area contributed by atoms with Crippen LogP contribution in [0.2, 0.25) is 0 Å². The number of nitrogens with two attached hydrogens (primary N) is 1. The maximum absolute atomic E-state index is 10.4. The zero-order valence-corrected chi connectivity index (χ0v) is 12.4. The zero-order valence-electron chi connectivity index (χ0n) is 11.6. The normalized spacial score (nSPS) is 25.6. The largest absolute Gasteiger partial charge is 0.368 e. The van der Waals surface area contributed by atoms with Gasteiger partial charge in [0.25, 0.3) is 0 Å². The third-order valence-electron chi connectivity index (χ3n) is 3.20. The van der Waals surface area contributed by atoms with Gasteiger partial charge in [-0.2, -0.15) is 0 Å². The predicted octanol–water partition coefficient (Wildman–Crippen LogP) is 0.980. The highest BCUT2D eigenvalue weighted by molar-refractivity contribution is 8.00. The summed E-state index contributed by atoms with van der Waals surface area (Å²) in [6.45, 7) is 3.48. The maximum Gasteiger partial charge on any atom is 0.240 e. The smallest absolute Gasteiger partial charge is 0.240 e. The highest BCUT2D eigenvalue weighted by atomic mass is 32.2. The van der Waals surface area contributed by atoms with E-state index >= 15 is 0 Å². The molecule has 6 heteroatoms. The molecule has 110 valence electrons. The summed E-state index contributed by atoms with van der Waals surface area (Å²) in [5.74, 6) is 0.788. The molecule has 2 rings (SSSR count). The molecule has 2 saturated heterocycles. The Kier molecular flexibility index (Phi) is 7.90. The number of carbonyl (C=O) groups excluding carboxylic acids is 2. The highest BCUT2D eigenvalue weighted by Gasteiger charge is 2.24. The molecular formula is C13H25N3O2S. The van der Waals surface area contributed by atoms with E-state index in [9.17, 15) is 9.59 Å². The molecule has 2 aliphatic heterocycles. The second kappa shape index (κ2) is 9.20. The minimum Gasteiger partial charge on any atom is -0.368 e. The third-order valence-corrected chi connectivity index (χ3v) is 4.45. The Hall–Kier alpha value is -0.750. The number of amides is 2. The first-order chi connectivity index (χ1) is 9.13. The molecule has 2 atom stereocenters. The molecule has 2 unspecified atom stereocenters. The fraction of sp³-hybridized carbons (Fsp3) is 0.846. The second-order valence-electron chi connectivity index (χ2n) is 4.87. The Balaban J connectivity index is 0.000000191. The van der Waals surface area contributed by atoms with Crippen molar-refractivity contribution in [1.82, 2.24) is 10.6 Å². The summed E-state index contributed by atoms with van der Waals surface area (Å²) in [5.41, 5.74) is 4.91. The number of carbonyl (C=O) groups is 2. The molecule has 2 fully saturated rings. The molecule has 0 bridgehead atoms. The van der Waals surface area contributed by atoms with Crippen molar-refractivity contribution >= 4 is 23.6 Å². The second-order valence-corrected chi connectivity index (χ2v) is 6.18. The monoisotopic (exact) mass is 287 g/mol. The van der Waals surface area contributed by atoms with Gasteiger partial charge < -0.3 is 16.4 Å². The van der Waals surface area contributed by atoms with Gasteiger partial charge in [-0.1, -0.05) is 26.2 Å². The van der Waals surface area contributed by atoms with Gasteiger partial charge in [-0.25, -0.2) is 0 Å². The number of unbranched alkanes of at least 4 members (excludes halogenated alkanes) is 2. The third kappa shape index (κ3) is 6.82. The molecule has 19 heavy (non-hydrogen) atoms. The molecule has 4 N–H and O–H groups in total. The lowest BCUT2D eigenvalue weighted by atomic mass is 10.2. The van der Waals surface area contributed by atoms with E-state index in [1.807, 2.05) is 0 Å². The van der Waals surface area contributed by atoms with Gasteiger partial charge in [-0.05, 0) is 12.8 Å². The molecular weight excluding hydrogens is 262 g/mol. The molecule has 0 aromatic carbocycles. The first kappa shape index (κ1) is 16.3. The van der Waals surface area contributed by atoms with Crippen LogP contribution in [-0.2, 0) is 9.59 Å². The summed E-state index contributed by atoms with van der Waals surface area (Å²) in [6.07, 6.45) is 6.50. The van der Waals surface area contributed by atoms with E-state index in [2.05, 4.69) is 29.3 Å². The number of primary amides is 1. The summed E-state index contributed by atoms with van der Waals surface area (Å²) in [4.78, 5) is 20.8. The Labute approximate surface area is 119 Å². The fourth-order valence-corrected chi connectivity index (χ4v) is 3.16. The standard InChI is InChI=1S/C8H17NS.C5H8N2O2/c1-2-3-4-5-8-9-6-7-10-8;6-5(9)3-1-2-4(8)7-3/h8-9H,2-7H2,1H3;3H,1-2H2,(H2,6,9)(H,7,8). The lowest BCUT2D eigenvalue weighted by Crippen LogP contribution is -2.37. The minimum absolute atomic E-state index is 0.0844. The van der Waals surface area contributed by atoms with Gasteiger partial charge in [0.15, 0.2) is 0 Å². The first-order valence-corrected chi connectivity index (χ1v) is 8.12. The Morgan fingerprint density at radius 1 is 1.47 bits per heavy atom. The van der Waals surface area contributed by atoms with Crippen molar-refractivity contribution in [3.8, 4) is 0 Å². The summed E-state index contributed by atoms with van der Waals surface area (Å²) in [5, 5.41) is 6.70. The van der Waals surface area contributed by atoms with E-state index in [1.165, 1.54) is 38.0 Å². The van der Waals surface area contributed by atoms with E-state index in [0.717, 1.165) is 5.37 Å². The fourth-order valence-electron chi connectivity index (χ4n) is 2.07. The molecule has 2 heterocycles. The van der Waals surface area contributed by atoms with Crippen LogP contribution in [0.3, 0.4) is 0 Å². The molecule has 0 spiro atoms. The van der Waals surface area contributed by atoms with Crippen molar-refractivity contribution in [1.29, 1.82) is 0 Å². The number of hydrogen-bond donors (Lipinski definition) is 3. The molecule has 5 nitrogen and oxygen atoms in total. The van der Waals surface area contributed by atoms with Crippen molar-refractivity contribution in [3.63, 3.8) is 0 Å². The molecule has 0 radical (unpaired) electrons. The van der Waals surface area contributed by atoms with Gasteiger partial charge >= 0.3 is 0 Å². The van der Waals surface area contributed by atoms with Crippen LogP contribution in [0.15, 0.2) is 0 Å². The molecule has 2 aliphatic rings. The van der Waals surface area contributed by atoms with Crippen LogP contribution in [-0.4, -0.2) is 35.5 Å². The van der Waals surface area contributed by atoms with E-state index in [0.29, 0.717) is 12.8 Å². The van der Waals surface area contributed by atoms with E-state index in [1.54, 1.807) is 0 Å². The van der Waals surface area contributed by atoms with Crippen molar-refractivity contribution < 1.29 is 9.59 Å². The van der Waals surface area contributed by atoms with Gasteiger partial charge in [0.2, 0.25) is 11.8 Å². The number of hydrogen-bond acceptors (Lipinski definition) is 4. The highest BCUT2D eigenvalue weighted by Crippen LogP contribution is 2.19. The molecule has 0 aromatic heterocycles. The first-order valence-electron chi connectivity index (χ1n) is 7.07. The van der Waals surface area contributed by atoms with Crippen LogP contribution in [0.5, 0.6) is 0 Å². The Morgan fingerprint density at radius 2 is 2.26 bits per heavy atom. The Bertz CT molecular complexity index is 294. The zero-order chi connectivity index (χ0) is 14.1. The van der Waals surface area contributed by atoms with Crippen molar-refractivity contribution in [2.45, 2.75) is 56.9 Å². The lowest BCUT2D eigenvalue weighted by Gasteiger charge is -2.07. The quantitative estimate of drug-likeness (QED) is 0.658. The van der Waals surface area contributed by atoms with Gasteiger partial charge in [-0.3, -0.25) is 9.59 Å². The topological polar surface area (TPSA) is 84.2 Å². The van der Waals surface area contributed by atoms with Gasteiger partial charge in [0.1, 0.15) is 6.04 Å². The number of thioether (sulfide) groups is 1. The summed E-state index contributed by atoms with van der Waals surface area (Å²) >= 11 is 2.08. The van der Waals surface area contributed by atoms with E-state index in [-0.39, 0.29) is 5.91 Å². The SMILES string of the molecule is CCCCCC1NCCS1.NC(=O)C1CCC(=O)N1. The predicted molar refractivity (Wildman–Crippen MR) is 78.7 cm³/mol. The molecule has 0 saturated carbocycles. The van der Waals surface area contributed by atoms with Crippen LogP contribution >= 0.6 is 11.8 Å². The van der Waals surface area contributed by atoms with E-state index < -0.39 is 11.9 Å². The number of rotatable bonds is 5. The molecule has 2 amide bonds.